The quantitative estimate of drug-likeness (QED) is 0.263. The van der Waals surface area contributed by atoms with E-state index in [1.54, 1.807) is 24.3 Å². The summed E-state index contributed by atoms with van der Waals surface area (Å²) in [5.74, 6) is 1.41. The van der Waals surface area contributed by atoms with Crippen LogP contribution in [0.5, 0.6) is 11.5 Å². The molecule has 2 amide bonds. The molecule has 0 aliphatic carbocycles. The molecule has 0 unspecified atom stereocenters. The van der Waals surface area contributed by atoms with Crippen LogP contribution in [0.15, 0.2) is 97.1 Å². The number of carbonyl (C=O) groups is 2. The summed E-state index contributed by atoms with van der Waals surface area (Å²) in [6, 6.07) is 29.3. The molecule has 0 aliphatic rings. The Morgan fingerprint density at radius 2 is 0.917 bits per heavy atom. The second-order valence-corrected chi connectivity index (χ2v) is 7.55. The van der Waals surface area contributed by atoms with Crippen LogP contribution in [0.3, 0.4) is 0 Å². The number of carbonyl (C=O) groups excluding carboxylic acids is 2. The predicted octanol–water partition coefficient (Wildman–Crippen LogP) is 6.09. The molecule has 0 saturated carbocycles. The number of anilines is 2. The topological polar surface area (TPSA) is 95.1 Å². The molecule has 0 fully saturated rings. The Morgan fingerprint density at radius 1 is 0.500 bits per heavy atom. The third-order valence-electron chi connectivity index (χ3n) is 5.05. The van der Waals surface area contributed by atoms with Gasteiger partial charge in [0.25, 0.3) is 0 Å². The van der Waals surface area contributed by atoms with Gasteiger partial charge in [-0.25, -0.2) is 9.59 Å². The molecular weight excluding hydrogens is 460 g/mol. The van der Waals surface area contributed by atoms with Crippen molar-refractivity contribution in [2.24, 2.45) is 0 Å². The van der Waals surface area contributed by atoms with Gasteiger partial charge >= 0.3 is 12.2 Å². The van der Waals surface area contributed by atoms with Gasteiger partial charge in [-0.1, -0.05) is 60.7 Å². The van der Waals surface area contributed by atoms with E-state index in [4.69, 9.17) is 18.9 Å². The molecule has 0 bridgehead atoms. The summed E-state index contributed by atoms with van der Waals surface area (Å²) in [5, 5.41) is 6.96. The van der Waals surface area contributed by atoms with Crippen LogP contribution < -0.4 is 20.1 Å². The van der Waals surface area contributed by atoms with Crippen LogP contribution in [0.4, 0.5) is 21.0 Å². The Bertz CT molecular complexity index is 1180. The summed E-state index contributed by atoms with van der Waals surface area (Å²) in [6.07, 6.45) is -1.20. The summed E-state index contributed by atoms with van der Waals surface area (Å²) in [7, 11) is 0. The van der Waals surface area contributed by atoms with Crippen molar-refractivity contribution in [1.29, 1.82) is 0 Å². The van der Waals surface area contributed by atoms with Gasteiger partial charge in [-0.05, 0) is 36.4 Å². The molecule has 8 heteroatoms. The van der Waals surface area contributed by atoms with Gasteiger partial charge in [0, 0.05) is 10.8 Å². The number of rotatable bonds is 10. The minimum absolute atomic E-state index is 0.0954. The van der Waals surface area contributed by atoms with E-state index in [-0.39, 0.29) is 26.4 Å². The number of amides is 2. The molecule has 0 aliphatic heterocycles. The largest absolute Gasteiger partial charge is 0.490 e. The summed E-state index contributed by atoms with van der Waals surface area (Å²) >= 11 is 0. The number of hydrogen-bond acceptors (Lipinski definition) is 6. The maximum Gasteiger partial charge on any atom is 0.411 e. The van der Waals surface area contributed by atoms with Crippen molar-refractivity contribution in [1.82, 2.24) is 0 Å². The number of ether oxygens (including phenoxy) is 4. The van der Waals surface area contributed by atoms with Crippen LogP contribution in [-0.4, -0.2) is 38.6 Å². The van der Waals surface area contributed by atoms with Crippen LogP contribution in [0.25, 0.3) is 10.8 Å². The number of nitrogens with one attached hydrogen (secondary N) is 2. The molecule has 184 valence electrons. The van der Waals surface area contributed by atoms with Crippen LogP contribution in [0, 0.1) is 0 Å². The lowest BCUT2D eigenvalue weighted by molar-refractivity contribution is 0.137. The number of benzene rings is 4. The zero-order chi connectivity index (χ0) is 25.0. The number of fused-ring (bicyclic) bond motifs is 1. The highest BCUT2D eigenvalue weighted by molar-refractivity contribution is 6.07. The predicted molar refractivity (Wildman–Crippen MR) is 138 cm³/mol. The van der Waals surface area contributed by atoms with Crippen molar-refractivity contribution in [2.45, 2.75) is 0 Å². The molecule has 2 N–H and O–H groups in total. The molecule has 4 rings (SSSR count). The molecule has 36 heavy (non-hydrogen) atoms. The third-order valence-corrected chi connectivity index (χ3v) is 5.05. The Kier molecular flexibility index (Phi) is 8.58. The van der Waals surface area contributed by atoms with Crippen LogP contribution in [-0.2, 0) is 9.47 Å². The average Bonchev–Trinajstić information content (AvgIpc) is 2.91. The first kappa shape index (κ1) is 24.4. The standard InChI is InChI=1S/C28H26N2O6/c31-27(35-19-17-33-21-9-3-1-4-10-21)29-25-15-7-14-24-23(25)13-8-16-26(24)30-28(32)36-20-18-34-22-11-5-2-6-12-22/h1-16H,17-20H2,(H,29,31)(H,30,32). The van der Waals surface area contributed by atoms with Gasteiger partial charge in [0.1, 0.15) is 37.9 Å². The Balaban J connectivity index is 1.28. The molecule has 0 heterocycles. The van der Waals surface area contributed by atoms with Crippen molar-refractivity contribution in [3.63, 3.8) is 0 Å². The van der Waals surface area contributed by atoms with Crippen LogP contribution in [0.1, 0.15) is 0 Å². The van der Waals surface area contributed by atoms with E-state index in [0.29, 0.717) is 22.9 Å². The first-order valence-electron chi connectivity index (χ1n) is 11.4. The van der Waals surface area contributed by atoms with Crippen LogP contribution in [0.2, 0.25) is 0 Å². The highest BCUT2D eigenvalue weighted by Crippen LogP contribution is 2.29. The van der Waals surface area contributed by atoms with E-state index >= 15 is 0 Å². The molecule has 0 aromatic heterocycles. The molecule has 4 aromatic rings. The first-order valence-corrected chi connectivity index (χ1v) is 11.4. The molecule has 4 aromatic carbocycles. The van der Waals surface area contributed by atoms with Gasteiger partial charge in [-0.15, -0.1) is 0 Å². The highest BCUT2D eigenvalue weighted by Gasteiger charge is 2.11. The first-order chi connectivity index (χ1) is 17.7. The molecule has 8 nitrogen and oxygen atoms in total. The van der Waals surface area contributed by atoms with Gasteiger partial charge in [0.2, 0.25) is 0 Å². The lowest BCUT2D eigenvalue weighted by atomic mass is 10.1. The van der Waals surface area contributed by atoms with Crippen molar-refractivity contribution >= 4 is 34.3 Å². The molecule has 0 atom stereocenters. The van der Waals surface area contributed by atoms with E-state index in [0.717, 1.165) is 10.8 Å². The average molecular weight is 487 g/mol. The highest BCUT2D eigenvalue weighted by atomic mass is 16.6. The summed E-state index contributed by atoms with van der Waals surface area (Å²) in [6.45, 7) is 0.662. The molecule has 0 spiro atoms. The van der Waals surface area contributed by atoms with Crippen molar-refractivity contribution in [2.75, 3.05) is 37.1 Å². The summed E-state index contributed by atoms with van der Waals surface area (Å²) < 4.78 is 21.5. The maximum absolute atomic E-state index is 12.3. The fourth-order valence-corrected chi connectivity index (χ4v) is 3.44. The van der Waals surface area contributed by atoms with Gasteiger partial charge in [-0.3, -0.25) is 10.6 Å². The smallest absolute Gasteiger partial charge is 0.411 e. The van der Waals surface area contributed by atoms with Crippen LogP contribution >= 0.6 is 0 Å². The SMILES string of the molecule is O=C(Nc1cccc2c(NC(=O)OCCOc3ccccc3)cccc12)OCCOc1ccccc1. The number of hydrogen-bond donors (Lipinski definition) is 2. The minimum atomic E-state index is -0.602. The Morgan fingerprint density at radius 3 is 1.33 bits per heavy atom. The van der Waals surface area contributed by atoms with Crippen molar-refractivity contribution < 1.29 is 28.5 Å². The van der Waals surface area contributed by atoms with E-state index in [1.165, 1.54) is 0 Å². The normalized spacial score (nSPS) is 10.3. The zero-order valence-corrected chi connectivity index (χ0v) is 19.5. The van der Waals surface area contributed by atoms with Gasteiger partial charge in [0.15, 0.2) is 0 Å². The van der Waals surface area contributed by atoms with Crippen molar-refractivity contribution in [3.05, 3.63) is 97.1 Å². The third kappa shape index (κ3) is 7.14. The number of para-hydroxylation sites is 2. The zero-order valence-electron chi connectivity index (χ0n) is 19.5. The van der Waals surface area contributed by atoms with E-state index in [1.807, 2.05) is 72.8 Å². The fourth-order valence-electron chi connectivity index (χ4n) is 3.44. The molecule has 0 radical (unpaired) electrons. The Hall–Kier alpha value is -4.72. The molecular formula is C28H26N2O6. The minimum Gasteiger partial charge on any atom is -0.490 e. The fraction of sp³-hybridized carbons (Fsp3) is 0.143. The summed E-state index contributed by atoms with van der Waals surface area (Å²) in [4.78, 5) is 24.6. The lowest BCUT2D eigenvalue weighted by Crippen LogP contribution is -2.18. The van der Waals surface area contributed by atoms with Gasteiger partial charge < -0.3 is 18.9 Å². The second kappa shape index (κ2) is 12.7. The van der Waals surface area contributed by atoms with Gasteiger partial charge in [0.05, 0.1) is 11.4 Å². The maximum atomic E-state index is 12.3. The summed E-state index contributed by atoms with van der Waals surface area (Å²) in [5.41, 5.74) is 1.10. The van der Waals surface area contributed by atoms with Gasteiger partial charge in [-0.2, -0.15) is 0 Å². The second-order valence-electron chi connectivity index (χ2n) is 7.55. The Labute approximate surface area is 208 Å². The van der Waals surface area contributed by atoms with E-state index in [9.17, 15) is 9.59 Å². The lowest BCUT2D eigenvalue weighted by Gasteiger charge is -2.13. The van der Waals surface area contributed by atoms with E-state index in [2.05, 4.69) is 10.6 Å². The molecule has 0 saturated heterocycles. The monoisotopic (exact) mass is 486 g/mol. The van der Waals surface area contributed by atoms with E-state index < -0.39 is 12.2 Å². The van der Waals surface area contributed by atoms with Crippen molar-refractivity contribution in [3.8, 4) is 11.5 Å².